The van der Waals surface area contributed by atoms with E-state index in [-0.39, 0.29) is 12.8 Å². The number of carboxylic acids is 1. The van der Waals surface area contributed by atoms with Crippen molar-refractivity contribution >= 4 is 29.6 Å². The summed E-state index contributed by atoms with van der Waals surface area (Å²) in [6.07, 6.45) is -1.44. The van der Waals surface area contributed by atoms with E-state index in [1.807, 2.05) is 0 Å². The van der Waals surface area contributed by atoms with Crippen molar-refractivity contribution in [3.8, 4) is 0 Å². The van der Waals surface area contributed by atoms with Gasteiger partial charge in [0, 0.05) is 6.42 Å². The number of rotatable bonds is 13. The third kappa shape index (κ3) is 9.75. The summed E-state index contributed by atoms with van der Waals surface area (Å²) in [5, 5.41) is 26.3. The monoisotopic (exact) mass is 445 g/mol. The molecule has 0 bridgehead atoms. The van der Waals surface area contributed by atoms with Gasteiger partial charge in [-0.05, 0) is 25.2 Å². The van der Waals surface area contributed by atoms with Crippen LogP contribution in [0.2, 0.25) is 0 Å². The lowest BCUT2D eigenvalue weighted by molar-refractivity contribution is -0.144. The number of nitrogens with one attached hydrogen (secondary N) is 3. The number of amides is 4. The van der Waals surface area contributed by atoms with Crippen molar-refractivity contribution in [2.75, 3.05) is 0 Å². The largest absolute Gasteiger partial charge is 0.480 e. The quantitative estimate of drug-likeness (QED) is 0.165. The fourth-order valence-electron chi connectivity index (χ4n) is 2.63. The van der Waals surface area contributed by atoms with Gasteiger partial charge >= 0.3 is 5.97 Å². The van der Waals surface area contributed by atoms with E-state index in [1.54, 1.807) is 27.7 Å². The van der Waals surface area contributed by atoms with Crippen molar-refractivity contribution in [1.29, 1.82) is 0 Å². The van der Waals surface area contributed by atoms with Crippen LogP contribution in [-0.4, -0.2) is 70.1 Å². The molecule has 9 N–H and O–H groups in total. The number of nitrogens with two attached hydrogens (primary N) is 2. The summed E-state index contributed by atoms with van der Waals surface area (Å²) < 4.78 is 0. The second-order valence-corrected chi connectivity index (χ2v) is 8.14. The van der Waals surface area contributed by atoms with Gasteiger partial charge in [0.2, 0.25) is 23.6 Å². The maximum atomic E-state index is 12.7. The summed E-state index contributed by atoms with van der Waals surface area (Å²) in [4.78, 5) is 59.7. The number of primary amides is 1. The summed E-state index contributed by atoms with van der Waals surface area (Å²) in [7, 11) is 0. The number of hydrogen-bond donors (Lipinski definition) is 7. The van der Waals surface area contributed by atoms with Crippen LogP contribution in [0, 0.1) is 11.8 Å². The number of aliphatic hydroxyl groups excluding tert-OH is 1. The SMILES string of the molecule is CC(C)C(NC(=O)C(NC(=O)C(NC(=O)C(N)CCC(N)=O)C(C)C)C(C)O)C(=O)O. The molecule has 178 valence electrons. The minimum atomic E-state index is -1.45. The fraction of sp³-hybridized carbons (Fsp3) is 0.737. The van der Waals surface area contributed by atoms with Crippen molar-refractivity contribution in [2.45, 2.75) is 77.7 Å². The van der Waals surface area contributed by atoms with Gasteiger partial charge in [0.25, 0.3) is 0 Å². The summed E-state index contributed by atoms with van der Waals surface area (Å²) in [5.74, 6) is -5.04. The van der Waals surface area contributed by atoms with Crippen molar-refractivity contribution < 1.29 is 34.2 Å². The Bertz CT molecular complexity index is 666. The summed E-state index contributed by atoms with van der Waals surface area (Å²) in [6.45, 7) is 7.76. The molecule has 0 aromatic heterocycles. The highest BCUT2D eigenvalue weighted by Gasteiger charge is 2.34. The molecule has 0 fully saturated rings. The van der Waals surface area contributed by atoms with Gasteiger partial charge in [-0.2, -0.15) is 0 Å². The Balaban J connectivity index is 5.31. The van der Waals surface area contributed by atoms with Crippen LogP contribution in [0.5, 0.6) is 0 Å². The van der Waals surface area contributed by atoms with Gasteiger partial charge in [-0.25, -0.2) is 4.79 Å². The lowest BCUT2D eigenvalue weighted by atomic mass is 10.0. The number of aliphatic carboxylic acids is 1. The molecule has 0 aliphatic heterocycles. The molecule has 5 unspecified atom stereocenters. The predicted octanol–water partition coefficient (Wildman–Crippen LogP) is -2.19. The maximum absolute atomic E-state index is 12.7. The van der Waals surface area contributed by atoms with Crippen LogP contribution < -0.4 is 27.4 Å². The molecule has 0 saturated heterocycles. The Morgan fingerprint density at radius 1 is 0.774 bits per heavy atom. The molecule has 0 aromatic rings. The van der Waals surface area contributed by atoms with Gasteiger partial charge in [-0.3, -0.25) is 19.2 Å². The van der Waals surface area contributed by atoms with E-state index in [2.05, 4.69) is 16.0 Å². The Hall–Kier alpha value is -2.73. The minimum absolute atomic E-state index is 0.00190. The third-order valence-corrected chi connectivity index (χ3v) is 4.58. The first kappa shape index (κ1) is 28.3. The van der Waals surface area contributed by atoms with Gasteiger partial charge in [-0.15, -0.1) is 0 Å². The van der Waals surface area contributed by atoms with E-state index < -0.39 is 71.7 Å². The van der Waals surface area contributed by atoms with Gasteiger partial charge in [0.05, 0.1) is 12.1 Å². The van der Waals surface area contributed by atoms with Crippen LogP contribution in [0.1, 0.15) is 47.5 Å². The number of aliphatic hydroxyl groups is 1. The average Bonchev–Trinajstić information content (AvgIpc) is 2.64. The number of carbonyl (C=O) groups is 5. The molecule has 0 heterocycles. The number of carbonyl (C=O) groups excluding carboxylic acids is 4. The van der Waals surface area contributed by atoms with Crippen LogP contribution in [0.25, 0.3) is 0 Å². The van der Waals surface area contributed by atoms with Crippen LogP contribution in [0.4, 0.5) is 0 Å². The zero-order chi connectivity index (χ0) is 24.5. The van der Waals surface area contributed by atoms with E-state index in [4.69, 9.17) is 11.5 Å². The summed E-state index contributed by atoms with van der Waals surface area (Å²) in [6, 6.07) is -4.83. The molecule has 31 heavy (non-hydrogen) atoms. The first-order valence-corrected chi connectivity index (χ1v) is 10.0. The first-order chi connectivity index (χ1) is 14.2. The zero-order valence-electron chi connectivity index (χ0n) is 18.5. The third-order valence-electron chi connectivity index (χ3n) is 4.58. The van der Waals surface area contributed by atoms with Crippen LogP contribution in [0.3, 0.4) is 0 Å². The molecular weight excluding hydrogens is 410 g/mol. The lowest BCUT2D eigenvalue weighted by Crippen LogP contribution is -2.61. The molecule has 0 spiro atoms. The Labute approximate surface area is 181 Å². The van der Waals surface area contributed by atoms with Gasteiger partial charge < -0.3 is 37.6 Å². The van der Waals surface area contributed by atoms with E-state index in [0.29, 0.717) is 0 Å². The smallest absolute Gasteiger partial charge is 0.326 e. The number of carboxylic acid groups (broad SMARTS) is 1. The van der Waals surface area contributed by atoms with Crippen molar-refractivity contribution in [3.63, 3.8) is 0 Å². The van der Waals surface area contributed by atoms with Crippen molar-refractivity contribution in [2.24, 2.45) is 23.3 Å². The van der Waals surface area contributed by atoms with Gasteiger partial charge in [0.1, 0.15) is 18.1 Å². The Morgan fingerprint density at radius 2 is 1.19 bits per heavy atom. The highest BCUT2D eigenvalue weighted by molar-refractivity contribution is 5.94. The Kier molecular flexibility index (Phi) is 11.7. The lowest BCUT2D eigenvalue weighted by Gasteiger charge is -2.28. The Morgan fingerprint density at radius 3 is 1.58 bits per heavy atom. The molecule has 0 rings (SSSR count). The van der Waals surface area contributed by atoms with Crippen LogP contribution >= 0.6 is 0 Å². The first-order valence-electron chi connectivity index (χ1n) is 10.0. The fourth-order valence-corrected chi connectivity index (χ4v) is 2.63. The molecule has 0 radical (unpaired) electrons. The topological polar surface area (TPSA) is 214 Å². The van der Waals surface area contributed by atoms with E-state index in [9.17, 15) is 34.2 Å². The highest BCUT2D eigenvalue weighted by atomic mass is 16.4. The maximum Gasteiger partial charge on any atom is 0.326 e. The van der Waals surface area contributed by atoms with Crippen molar-refractivity contribution in [3.05, 3.63) is 0 Å². The summed E-state index contributed by atoms with van der Waals surface area (Å²) in [5.41, 5.74) is 10.7. The standard InChI is InChI=1S/C19H35N5O7/c1-8(2)13(22-16(27)11(20)6-7-12(21)26)17(28)24-15(10(5)25)18(29)23-14(9(3)4)19(30)31/h8-11,13-15,25H,6-7,20H2,1-5H3,(H2,21,26)(H,22,27)(H,23,29)(H,24,28)(H,30,31). The second kappa shape index (κ2) is 12.8. The molecule has 12 nitrogen and oxygen atoms in total. The molecule has 12 heteroatoms. The van der Waals surface area contributed by atoms with E-state index in [1.165, 1.54) is 6.92 Å². The molecule has 0 saturated carbocycles. The van der Waals surface area contributed by atoms with E-state index in [0.717, 1.165) is 0 Å². The van der Waals surface area contributed by atoms with E-state index >= 15 is 0 Å². The molecule has 0 aliphatic rings. The normalized spacial score (nSPS) is 16.0. The molecule has 0 aromatic carbocycles. The van der Waals surface area contributed by atoms with Gasteiger partial charge in [-0.1, -0.05) is 27.7 Å². The average molecular weight is 446 g/mol. The molecule has 0 aliphatic carbocycles. The molecule has 5 atom stereocenters. The minimum Gasteiger partial charge on any atom is -0.480 e. The summed E-state index contributed by atoms with van der Waals surface area (Å²) >= 11 is 0. The van der Waals surface area contributed by atoms with Crippen LogP contribution in [-0.2, 0) is 24.0 Å². The highest BCUT2D eigenvalue weighted by Crippen LogP contribution is 2.07. The zero-order valence-corrected chi connectivity index (χ0v) is 18.5. The number of hydrogen-bond acceptors (Lipinski definition) is 7. The van der Waals surface area contributed by atoms with Crippen molar-refractivity contribution in [1.82, 2.24) is 16.0 Å². The van der Waals surface area contributed by atoms with Gasteiger partial charge in [0.15, 0.2) is 0 Å². The van der Waals surface area contributed by atoms with Crippen LogP contribution in [0.15, 0.2) is 0 Å². The predicted molar refractivity (Wildman–Crippen MR) is 111 cm³/mol. The molecular formula is C19H35N5O7. The molecule has 4 amide bonds. The second-order valence-electron chi connectivity index (χ2n) is 8.14.